The van der Waals surface area contributed by atoms with Crippen molar-refractivity contribution in [2.24, 2.45) is 0 Å². The van der Waals surface area contributed by atoms with Crippen molar-refractivity contribution in [1.82, 2.24) is 4.31 Å². The Morgan fingerprint density at radius 1 is 1.24 bits per heavy atom. The Hall–Kier alpha value is -0.170. The van der Waals surface area contributed by atoms with Crippen molar-refractivity contribution in [2.75, 3.05) is 20.3 Å². The minimum Gasteiger partial charge on any atom is -0.379 e. The number of hydrogen-bond donors (Lipinski definition) is 0. The Bertz CT molecular complexity index is 392. The lowest BCUT2D eigenvalue weighted by Gasteiger charge is -2.37. The predicted octanol–water partition coefficient (Wildman–Crippen LogP) is 0.357. The van der Waals surface area contributed by atoms with Gasteiger partial charge in [0.2, 0.25) is 10.0 Å². The summed E-state index contributed by atoms with van der Waals surface area (Å²) in [5.41, 5.74) is 0. The van der Waals surface area contributed by atoms with E-state index in [-0.39, 0.29) is 23.5 Å². The minimum absolute atomic E-state index is 0.000648. The van der Waals surface area contributed by atoms with Gasteiger partial charge in [0.1, 0.15) is 6.10 Å². The van der Waals surface area contributed by atoms with Gasteiger partial charge in [0.25, 0.3) is 0 Å². The molecule has 1 saturated heterocycles. The first-order valence-corrected chi connectivity index (χ1v) is 7.80. The highest BCUT2D eigenvalue weighted by molar-refractivity contribution is 7.90. The molecule has 3 fully saturated rings. The summed E-state index contributed by atoms with van der Waals surface area (Å²) in [5, 5.41) is -0.122. The second-order valence-electron chi connectivity index (χ2n) is 5.11. The van der Waals surface area contributed by atoms with Gasteiger partial charge in [-0.1, -0.05) is 0 Å². The van der Waals surface area contributed by atoms with Crippen molar-refractivity contribution in [3.63, 3.8) is 0 Å². The lowest BCUT2D eigenvalue weighted by atomic mass is 10.2. The van der Waals surface area contributed by atoms with E-state index in [2.05, 4.69) is 0 Å². The molecule has 5 nitrogen and oxygen atoms in total. The number of nitrogens with zero attached hydrogens (tertiary/aromatic N) is 1. The van der Waals surface area contributed by atoms with E-state index in [4.69, 9.17) is 9.47 Å². The van der Waals surface area contributed by atoms with Gasteiger partial charge in [0.15, 0.2) is 0 Å². The maximum absolute atomic E-state index is 12.3. The molecular weight excluding hydrogens is 242 g/mol. The first-order valence-electron chi connectivity index (χ1n) is 6.29. The number of rotatable bonds is 3. The van der Waals surface area contributed by atoms with Crippen molar-refractivity contribution in [2.45, 2.75) is 49.2 Å². The third-order valence-electron chi connectivity index (χ3n) is 4.06. The number of sulfonamides is 1. The van der Waals surface area contributed by atoms with Crippen LogP contribution < -0.4 is 0 Å². The Balaban J connectivity index is 1.82. The lowest BCUT2D eigenvalue weighted by Crippen LogP contribution is -2.54. The van der Waals surface area contributed by atoms with Gasteiger partial charge in [0, 0.05) is 13.7 Å². The molecule has 0 N–H and O–H groups in total. The van der Waals surface area contributed by atoms with Crippen LogP contribution in [0.5, 0.6) is 0 Å². The largest absolute Gasteiger partial charge is 0.379 e. The first-order chi connectivity index (χ1) is 8.14. The van der Waals surface area contributed by atoms with E-state index in [1.807, 2.05) is 0 Å². The number of ether oxygens (including phenoxy) is 2. The Morgan fingerprint density at radius 2 is 2.00 bits per heavy atom. The van der Waals surface area contributed by atoms with Crippen LogP contribution in [-0.2, 0) is 19.5 Å². The van der Waals surface area contributed by atoms with Crippen LogP contribution in [0.2, 0.25) is 0 Å². The molecule has 3 rings (SSSR count). The topological polar surface area (TPSA) is 55.8 Å². The van der Waals surface area contributed by atoms with Gasteiger partial charge in [-0.15, -0.1) is 0 Å². The third-order valence-corrected chi connectivity index (χ3v) is 6.48. The van der Waals surface area contributed by atoms with Gasteiger partial charge in [-0.2, -0.15) is 4.31 Å². The zero-order valence-electron chi connectivity index (χ0n) is 10.0. The molecule has 17 heavy (non-hydrogen) atoms. The molecule has 0 aromatic heterocycles. The second kappa shape index (κ2) is 4.19. The molecule has 3 aliphatic rings. The minimum atomic E-state index is -3.08. The molecule has 6 heteroatoms. The zero-order valence-corrected chi connectivity index (χ0v) is 10.9. The van der Waals surface area contributed by atoms with Gasteiger partial charge < -0.3 is 9.47 Å². The third kappa shape index (κ3) is 1.91. The molecule has 0 aromatic rings. The van der Waals surface area contributed by atoms with Gasteiger partial charge in [-0.25, -0.2) is 8.42 Å². The molecular formula is C11H19NO4S. The standard InChI is InChI=1S/C11H19NO4S/c1-15-10-5-4-9-11(10)16-7-6-12(9)17(13,14)8-2-3-8/h8-11H,2-7H2,1H3/t9-,10+,11+/m0/s1. The van der Waals surface area contributed by atoms with Crippen molar-refractivity contribution < 1.29 is 17.9 Å². The van der Waals surface area contributed by atoms with Crippen LogP contribution >= 0.6 is 0 Å². The van der Waals surface area contributed by atoms with E-state index in [0.717, 1.165) is 25.7 Å². The van der Waals surface area contributed by atoms with E-state index >= 15 is 0 Å². The second-order valence-corrected chi connectivity index (χ2v) is 7.27. The summed E-state index contributed by atoms with van der Waals surface area (Å²) in [6.07, 6.45) is 3.38. The molecule has 0 bridgehead atoms. The highest BCUT2D eigenvalue weighted by atomic mass is 32.2. The van der Waals surface area contributed by atoms with Crippen molar-refractivity contribution >= 4 is 10.0 Å². The lowest BCUT2D eigenvalue weighted by molar-refractivity contribution is -0.0848. The fraction of sp³-hybridized carbons (Fsp3) is 1.00. The van der Waals surface area contributed by atoms with Gasteiger partial charge in [0.05, 0.1) is 24.0 Å². The van der Waals surface area contributed by atoms with E-state index in [1.54, 1.807) is 11.4 Å². The van der Waals surface area contributed by atoms with Crippen molar-refractivity contribution in [3.05, 3.63) is 0 Å². The number of hydrogen-bond acceptors (Lipinski definition) is 4. The van der Waals surface area contributed by atoms with Crippen molar-refractivity contribution in [1.29, 1.82) is 0 Å². The molecule has 3 atom stereocenters. The monoisotopic (exact) mass is 261 g/mol. The summed E-state index contributed by atoms with van der Waals surface area (Å²) < 4.78 is 37.4. The van der Waals surface area contributed by atoms with Crippen LogP contribution in [0, 0.1) is 0 Å². The molecule has 0 amide bonds. The Morgan fingerprint density at radius 3 is 2.65 bits per heavy atom. The van der Waals surface area contributed by atoms with Crippen molar-refractivity contribution in [3.8, 4) is 0 Å². The molecule has 98 valence electrons. The highest BCUT2D eigenvalue weighted by Crippen LogP contribution is 2.38. The molecule has 0 spiro atoms. The average molecular weight is 261 g/mol. The smallest absolute Gasteiger partial charge is 0.217 e. The molecule has 2 saturated carbocycles. The fourth-order valence-corrected chi connectivity index (χ4v) is 5.05. The zero-order chi connectivity index (χ0) is 12.0. The number of fused-ring (bicyclic) bond motifs is 1. The molecule has 1 heterocycles. The highest BCUT2D eigenvalue weighted by Gasteiger charge is 2.50. The van der Waals surface area contributed by atoms with Crippen LogP contribution in [0.25, 0.3) is 0 Å². The number of methoxy groups -OCH3 is 1. The summed E-state index contributed by atoms with van der Waals surface area (Å²) >= 11 is 0. The Kier molecular flexibility index (Phi) is 2.93. The van der Waals surface area contributed by atoms with E-state index in [9.17, 15) is 8.42 Å². The first kappa shape index (κ1) is 11.9. The quantitative estimate of drug-likeness (QED) is 0.736. The summed E-state index contributed by atoms with van der Waals surface area (Å²) in [4.78, 5) is 0. The fourth-order valence-electron chi connectivity index (χ4n) is 3.01. The maximum Gasteiger partial charge on any atom is 0.217 e. The van der Waals surface area contributed by atoms with Gasteiger partial charge in [-0.05, 0) is 25.7 Å². The normalized spacial score (nSPS) is 39.2. The van der Waals surface area contributed by atoms with Crippen LogP contribution in [0.4, 0.5) is 0 Å². The molecule has 2 aliphatic carbocycles. The molecule has 0 unspecified atom stereocenters. The SMILES string of the molecule is CO[C@@H]1CC[C@H]2[C@H]1OCCN2S(=O)(=O)C1CC1. The number of morpholine rings is 1. The summed E-state index contributed by atoms with van der Waals surface area (Å²) in [7, 11) is -1.41. The van der Waals surface area contributed by atoms with E-state index < -0.39 is 10.0 Å². The van der Waals surface area contributed by atoms with E-state index in [0.29, 0.717) is 13.2 Å². The summed E-state index contributed by atoms with van der Waals surface area (Å²) in [6, 6.07) is -0.000648. The molecule has 0 radical (unpaired) electrons. The average Bonchev–Trinajstić information content (AvgIpc) is 3.09. The maximum atomic E-state index is 12.3. The molecule has 0 aromatic carbocycles. The van der Waals surface area contributed by atoms with E-state index in [1.165, 1.54) is 0 Å². The van der Waals surface area contributed by atoms with Gasteiger partial charge in [-0.3, -0.25) is 0 Å². The predicted molar refractivity (Wildman–Crippen MR) is 62.2 cm³/mol. The molecule has 1 aliphatic heterocycles. The summed E-state index contributed by atoms with van der Waals surface area (Å²) in [6.45, 7) is 1.00. The van der Waals surface area contributed by atoms with Gasteiger partial charge >= 0.3 is 0 Å². The Labute approximate surface area is 102 Å². The van der Waals surface area contributed by atoms with Crippen LogP contribution in [0.3, 0.4) is 0 Å². The van der Waals surface area contributed by atoms with Crippen LogP contribution in [0.15, 0.2) is 0 Å². The van der Waals surface area contributed by atoms with Crippen LogP contribution in [-0.4, -0.2) is 56.5 Å². The summed E-state index contributed by atoms with van der Waals surface area (Å²) in [5.74, 6) is 0. The van der Waals surface area contributed by atoms with Crippen LogP contribution in [0.1, 0.15) is 25.7 Å².